The second kappa shape index (κ2) is 6.58. The van der Waals surface area contributed by atoms with Crippen LogP contribution in [0.15, 0.2) is 52.9 Å². The van der Waals surface area contributed by atoms with Crippen LogP contribution in [0.1, 0.15) is 16.2 Å². The first-order valence-corrected chi connectivity index (χ1v) is 7.12. The van der Waals surface area contributed by atoms with Gasteiger partial charge in [0.2, 0.25) is 5.89 Å². The van der Waals surface area contributed by atoms with Crippen LogP contribution in [0.4, 0.5) is 4.39 Å². The lowest BCUT2D eigenvalue weighted by Gasteiger charge is -2.02. The molecule has 0 saturated heterocycles. The fourth-order valence-electron chi connectivity index (χ4n) is 1.91. The number of nitrogens with zero attached hydrogens (tertiary/aromatic N) is 2. The average molecular weight is 332 g/mol. The fraction of sp³-hybridized carbons (Fsp3) is 0.0625. The molecule has 3 aromatic rings. The number of hydrogen-bond donors (Lipinski definition) is 1. The van der Waals surface area contributed by atoms with Crippen LogP contribution >= 0.6 is 11.6 Å². The van der Waals surface area contributed by atoms with E-state index < -0.39 is 11.7 Å². The summed E-state index contributed by atoms with van der Waals surface area (Å²) in [4.78, 5) is 12.0. The van der Waals surface area contributed by atoms with Gasteiger partial charge in [-0.1, -0.05) is 29.8 Å². The molecular formula is C16H11ClFN3O2. The van der Waals surface area contributed by atoms with E-state index in [1.54, 1.807) is 30.3 Å². The van der Waals surface area contributed by atoms with Crippen LogP contribution in [0, 0.1) is 5.82 Å². The summed E-state index contributed by atoms with van der Waals surface area (Å²) >= 11 is 5.80. The van der Waals surface area contributed by atoms with Gasteiger partial charge in [-0.3, -0.25) is 4.79 Å². The van der Waals surface area contributed by atoms with Crippen molar-refractivity contribution < 1.29 is 13.6 Å². The molecule has 7 heteroatoms. The normalized spacial score (nSPS) is 10.5. The summed E-state index contributed by atoms with van der Waals surface area (Å²) in [7, 11) is 0. The van der Waals surface area contributed by atoms with E-state index in [9.17, 15) is 9.18 Å². The van der Waals surface area contributed by atoms with Crippen LogP contribution in [-0.2, 0) is 6.54 Å². The highest BCUT2D eigenvalue weighted by molar-refractivity contribution is 6.30. The Morgan fingerprint density at radius 3 is 2.70 bits per heavy atom. The van der Waals surface area contributed by atoms with Gasteiger partial charge in [0, 0.05) is 17.1 Å². The van der Waals surface area contributed by atoms with Crippen molar-refractivity contribution >= 4 is 17.5 Å². The Bertz CT molecular complexity index is 833. The number of carbonyl (C=O) groups is 1. The Morgan fingerprint density at radius 1 is 1.17 bits per heavy atom. The van der Waals surface area contributed by atoms with Gasteiger partial charge in [0.15, 0.2) is 0 Å². The minimum Gasteiger partial charge on any atom is -0.412 e. The van der Waals surface area contributed by atoms with Gasteiger partial charge in [-0.05, 0) is 35.9 Å². The van der Waals surface area contributed by atoms with Gasteiger partial charge in [0.1, 0.15) is 5.82 Å². The fourth-order valence-corrected chi connectivity index (χ4v) is 2.04. The van der Waals surface area contributed by atoms with Gasteiger partial charge in [-0.2, -0.15) is 0 Å². The van der Waals surface area contributed by atoms with Crippen molar-refractivity contribution in [3.63, 3.8) is 0 Å². The smallest absolute Gasteiger partial charge is 0.309 e. The van der Waals surface area contributed by atoms with Crippen molar-refractivity contribution in [1.29, 1.82) is 0 Å². The average Bonchev–Trinajstić information content (AvgIpc) is 3.04. The Balaban J connectivity index is 1.67. The number of halogens is 2. The third-order valence-corrected chi connectivity index (χ3v) is 3.31. The number of nitrogens with one attached hydrogen (secondary N) is 1. The first-order valence-electron chi connectivity index (χ1n) is 6.74. The Hall–Kier alpha value is -2.73. The Kier molecular flexibility index (Phi) is 4.34. The molecule has 0 aliphatic rings. The van der Waals surface area contributed by atoms with Crippen LogP contribution < -0.4 is 5.32 Å². The molecule has 23 heavy (non-hydrogen) atoms. The molecule has 0 atom stereocenters. The molecule has 1 amide bonds. The summed E-state index contributed by atoms with van der Waals surface area (Å²) in [5.74, 6) is -1.02. The van der Waals surface area contributed by atoms with Gasteiger partial charge >= 0.3 is 11.8 Å². The highest BCUT2D eigenvalue weighted by atomic mass is 35.5. The van der Waals surface area contributed by atoms with E-state index in [2.05, 4.69) is 15.5 Å². The second-order valence-electron chi connectivity index (χ2n) is 4.73. The predicted molar refractivity (Wildman–Crippen MR) is 82.3 cm³/mol. The SMILES string of the molecule is O=C(NCc1ccc(Cl)cc1)c1nnc(-c2cccc(F)c2)o1. The maximum absolute atomic E-state index is 13.2. The maximum atomic E-state index is 13.2. The molecule has 5 nitrogen and oxygen atoms in total. The number of aromatic nitrogens is 2. The summed E-state index contributed by atoms with van der Waals surface area (Å²) in [5, 5.41) is 10.7. The van der Waals surface area contributed by atoms with E-state index in [-0.39, 0.29) is 11.8 Å². The number of amides is 1. The predicted octanol–water partition coefficient (Wildman–Crippen LogP) is 3.46. The molecule has 0 aliphatic carbocycles. The van der Waals surface area contributed by atoms with Crippen LogP contribution in [0.25, 0.3) is 11.5 Å². The van der Waals surface area contributed by atoms with E-state index in [4.69, 9.17) is 16.0 Å². The standard InChI is InChI=1S/C16H11ClFN3O2/c17-12-6-4-10(5-7-12)9-19-14(22)16-21-20-15(23-16)11-2-1-3-13(18)8-11/h1-8H,9H2,(H,19,22). The minimum atomic E-state index is -0.505. The molecule has 1 aromatic heterocycles. The van der Waals surface area contributed by atoms with E-state index in [0.29, 0.717) is 17.1 Å². The van der Waals surface area contributed by atoms with Crippen LogP contribution in [-0.4, -0.2) is 16.1 Å². The van der Waals surface area contributed by atoms with Gasteiger partial charge in [-0.25, -0.2) is 4.39 Å². The van der Waals surface area contributed by atoms with Crippen LogP contribution in [0.5, 0.6) is 0 Å². The molecule has 0 spiro atoms. The number of carbonyl (C=O) groups excluding carboxylic acids is 1. The third-order valence-electron chi connectivity index (χ3n) is 3.06. The number of hydrogen-bond acceptors (Lipinski definition) is 4. The third kappa shape index (κ3) is 3.73. The maximum Gasteiger partial charge on any atom is 0.309 e. The first kappa shape index (κ1) is 15.2. The molecule has 1 N–H and O–H groups in total. The van der Waals surface area contributed by atoms with Crippen molar-refractivity contribution in [3.05, 3.63) is 70.8 Å². The van der Waals surface area contributed by atoms with Crippen molar-refractivity contribution in [1.82, 2.24) is 15.5 Å². The summed E-state index contributed by atoms with van der Waals surface area (Å²) in [6.45, 7) is 0.299. The molecule has 3 rings (SSSR count). The van der Waals surface area contributed by atoms with E-state index in [0.717, 1.165) is 5.56 Å². The van der Waals surface area contributed by atoms with Crippen LogP contribution in [0.2, 0.25) is 5.02 Å². The zero-order valence-electron chi connectivity index (χ0n) is 11.8. The van der Waals surface area contributed by atoms with Crippen molar-refractivity contribution in [2.45, 2.75) is 6.54 Å². The topological polar surface area (TPSA) is 68.0 Å². The Labute approximate surface area is 136 Å². The van der Waals surface area contributed by atoms with E-state index >= 15 is 0 Å². The van der Waals surface area contributed by atoms with Crippen molar-refractivity contribution in [2.24, 2.45) is 0 Å². The lowest BCUT2D eigenvalue weighted by atomic mass is 10.2. The lowest BCUT2D eigenvalue weighted by Crippen LogP contribution is -2.23. The lowest BCUT2D eigenvalue weighted by molar-refractivity contribution is 0.0917. The van der Waals surface area contributed by atoms with Crippen molar-refractivity contribution in [3.8, 4) is 11.5 Å². The zero-order valence-corrected chi connectivity index (χ0v) is 12.5. The summed E-state index contributed by atoms with van der Waals surface area (Å²) in [6, 6.07) is 12.8. The first-order chi connectivity index (χ1) is 11.1. The second-order valence-corrected chi connectivity index (χ2v) is 5.17. The quantitative estimate of drug-likeness (QED) is 0.795. The number of rotatable bonds is 4. The molecule has 116 valence electrons. The molecule has 0 fully saturated rings. The van der Waals surface area contributed by atoms with Crippen LogP contribution in [0.3, 0.4) is 0 Å². The van der Waals surface area contributed by atoms with Gasteiger partial charge in [0.25, 0.3) is 0 Å². The summed E-state index contributed by atoms with van der Waals surface area (Å²) < 4.78 is 18.4. The highest BCUT2D eigenvalue weighted by Gasteiger charge is 2.15. The van der Waals surface area contributed by atoms with Gasteiger partial charge in [0.05, 0.1) is 0 Å². The molecule has 0 bridgehead atoms. The van der Waals surface area contributed by atoms with E-state index in [1.165, 1.54) is 18.2 Å². The van der Waals surface area contributed by atoms with Gasteiger partial charge < -0.3 is 9.73 Å². The largest absolute Gasteiger partial charge is 0.412 e. The molecule has 1 heterocycles. The molecular weight excluding hydrogens is 321 g/mol. The molecule has 0 saturated carbocycles. The van der Waals surface area contributed by atoms with E-state index in [1.807, 2.05) is 0 Å². The Morgan fingerprint density at radius 2 is 1.96 bits per heavy atom. The minimum absolute atomic E-state index is 0.0844. The highest BCUT2D eigenvalue weighted by Crippen LogP contribution is 2.18. The monoisotopic (exact) mass is 331 g/mol. The molecule has 0 unspecified atom stereocenters. The van der Waals surface area contributed by atoms with Gasteiger partial charge in [-0.15, -0.1) is 10.2 Å². The molecule has 2 aromatic carbocycles. The molecule has 0 aliphatic heterocycles. The zero-order chi connectivity index (χ0) is 16.2. The summed E-state index contributed by atoms with van der Waals surface area (Å²) in [5.41, 5.74) is 1.29. The number of benzene rings is 2. The molecule has 0 radical (unpaired) electrons. The summed E-state index contributed by atoms with van der Waals surface area (Å²) in [6.07, 6.45) is 0. The van der Waals surface area contributed by atoms with Crippen molar-refractivity contribution in [2.75, 3.05) is 0 Å².